The van der Waals surface area contributed by atoms with E-state index in [2.05, 4.69) is 11.0 Å². The van der Waals surface area contributed by atoms with E-state index in [0.29, 0.717) is 5.56 Å². The molecule has 0 atom stereocenters. The van der Waals surface area contributed by atoms with Gasteiger partial charge in [-0.05, 0) is 55.7 Å². The number of anilines is 2. The van der Waals surface area contributed by atoms with E-state index in [1.807, 2.05) is 12.1 Å². The lowest BCUT2D eigenvalue weighted by molar-refractivity contribution is 0.680. The van der Waals surface area contributed by atoms with Gasteiger partial charge in [0.1, 0.15) is 0 Å². The summed E-state index contributed by atoms with van der Waals surface area (Å²) in [6.07, 6.45) is 5.43. The molecule has 3 rings (SSSR count). The molecular formula is C15H19N3. The average molecular weight is 241 g/mol. The Balaban J connectivity index is 1.80. The number of benzene rings is 1. The Bertz CT molecular complexity index is 467. The highest BCUT2D eigenvalue weighted by molar-refractivity contribution is 5.69. The molecule has 2 aliphatic carbocycles. The summed E-state index contributed by atoms with van der Waals surface area (Å²) in [6, 6.07) is 7.82. The molecule has 94 valence electrons. The van der Waals surface area contributed by atoms with Crippen molar-refractivity contribution in [2.24, 2.45) is 11.8 Å². The largest absolute Gasteiger partial charge is 0.397 e. The molecule has 0 saturated heterocycles. The standard InChI is InChI=1S/C15H19N3/c16-8-13-5-6-15(14(17)7-13)18(9-11-1-2-11)10-12-3-4-12/h5-7,11-12H,1-4,9-10,17H2. The molecule has 0 bridgehead atoms. The molecule has 0 radical (unpaired) electrons. The van der Waals surface area contributed by atoms with Crippen molar-refractivity contribution in [1.82, 2.24) is 0 Å². The summed E-state index contributed by atoms with van der Waals surface area (Å²) < 4.78 is 0. The van der Waals surface area contributed by atoms with E-state index in [4.69, 9.17) is 11.0 Å². The first-order valence-corrected chi connectivity index (χ1v) is 6.81. The fraction of sp³-hybridized carbons (Fsp3) is 0.533. The Morgan fingerprint density at radius 1 is 1.17 bits per heavy atom. The maximum absolute atomic E-state index is 8.88. The molecule has 0 spiro atoms. The normalized spacial score (nSPS) is 18.4. The van der Waals surface area contributed by atoms with Gasteiger partial charge >= 0.3 is 0 Å². The van der Waals surface area contributed by atoms with Crippen molar-refractivity contribution in [2.45, 2.75) is 25.7 Å². The van der Waals surface area contributed by atoms with Crippen molar-refractivity contribution in [3.63, 3.8) is 0 Å². The number of nitrogens with two attached hydrogens (primary N) is 1. The van der Waals surface area contributed by atoms with Crippen LogP contribution < -0.4 is 10.6 Å². The average Bonchev–Trinajstić information content (AvgIpc) is 3.23. The number of nitrogens with zero attached hydrogens (tertiary/aromatic N) is 2. The molecule has 2 aliphatic rings. The Morgan fingerprint density at radius 2 is 1.78 bits per heavy atom. The monoisotopic (exact) mass is 241 g/mol. The molecule has 2 saturated carbocycles. The van der Waals surface area contributed by atoms with Gasteiger partial charge in [0.15, 0.2) is 0 Å². The van der Waals surface area contributed by atoms with E-state index in [0.717, 1.165) is 36.3 Å². The summed E-state index contributed by atoms with van der Waals surface area (Å²) >= 11 is 0. The van der Waals surface area contributed by atoms with Gasteiger partial charge in [0.05, 0.1) is 23.0 Å². The van der Waals surface area contributed by atoms with Crippen molar-refractivity contribution in [3.8, 4) is 6.07 Å². The summed E-state index contributed by atoms with van der Waals surface area (Å²) in [5.41, 5.74) is 8.61. The number of rotatable bonds is 5. The minimum absolute atomic E-state index is 0.647. The molecule has 2 fully saturated rings. The van der Waals surface area contributed by atoms with Crippen LogP contribution in [0.4, 0.5) is 11.4 Å². The van der Waals surface area contributed by atoms with E-state index >= 15 is 0 Å². The van der Waals surface area contributed by atoms with E-state index in [9.17, 15) is 0 Å². The Labute approximate surface area is 108 Å². The zero-order valence-electron chi connectivity index (χ0n) is 10.6. The molecule has 3 nitrogen and oxygen atoms in total. The fourth-order valence-corrected chi connectivity index (χ4v) is 2.41. The van der Waals surface area contributed by atoms with Crippen molar-refractivity contribution in [2.75, 3.05) is 23.7 Å². The first-order chi connectivity index (χ1) is 8.76. The maximum atomic E-state index is 8.88. The van der Waals surface area contributed by atoms with Crippen molar-refractivity contribution in [1.29, 1.82) is 5.26 Å². The number of hydrogen-bond acceptors (Lipinski definition) is 3. The summed E-state index contributed by atoms with van der Waals surface area (Å²) in [6.45, 7) is 2.26. The number of nitriles is 1. The van der Waals surface area contributed by atoms with Crippen LogP contribution in [-0.4, -0.2) is 13.1 Å². The van der Waals surface area contributed by atoms with Gasteiger partial charge < -0.3 is 10.6 Å². The van der Waals surface area contributed by atoms with Gasteiger partial charge in [-0.2, -0.15) is 5.26 Å². The van der Waals surface area contributed by atoms with Gasteiger partial charge in [0.25, 0.3) is 0 Å². The van der Waals surface area contributed by atoms with E-state index in [1.54, 1.807) is 6.07 Å². The second kappa shape index (κ2) is 4.53. The lowest BCUT2D eigenvalue weighted by Crippen LogP contribution is -2.28. The molecule has 0 aliphatic heterocycles. The van der Waals surface area contributed by atoms with Gasteiger partial charge in [-0.25, -0.2) is 0 Å². The van der Waals surface area contributed by atoms with Crippen LogP contribution in [0.15, 0.2) is 18.2 Å². The Kier molecular flexibility index (Phi) is 2.87. The van der Waals surface area contributed by atoms with E-state index in [1.165, 1.54) is 25.7 Å². The first-order valence-electron chi connectivity index (χ1n) is 6.81. The molecular weight excluding hydrogens is 222 g/mol. The minimum atomic E-state index is 0.647. The van der Waals surface area contributed by atoms with Gasteiger partial charge in [-0.1, -0.05) is 0 Å². The predicted octanol–water partition coefficient (Wildman–Crippen LogP) is 2.77. The SMILES string of the molecule is N#Cc1ccc(N(CC2CC2)CC2CC2)c(N)c1. The van der Waals surface area contributed by atoms with Gasteiger partial charge in [-0.15, -0.1) is 0 Å². The number of hydrogen-bond donors (Lipinski definition) is 1. The zero-order chi connectivity index (χ0) is 12.5. The third kappa shape index (κ3) is 2.59. The number of nitrogen functional groups attached to an aromatic ring is 1. The third-order valence-corrected chi connectivity index (χ3v) is 3.85. The van der Waals surface area contributed by atoms with E-state index in [-0.39, 0.29) is 0 Å². The predicted molar refractivity (Wildman–Crippen MR) is 73.2 cm³/mol. The summed E-state index contributed by atoms with van der Waals surface area (Å²) in [7, 11) is 0. The summed E-state index contributed by atoms with van der Waals surface area (Å²) in [4.78, 5) is 2.44. The molecule has 2 N–H and O–H groups in total. The molecule has 3 heteroatoms. The molecule has 0 unspecified atom stereocenters. The van der Waals surface area contributed by atoms with Crippen LogP contribution in [0.1, 0.15) is 31.2 Å². The Hall–Kier alpha value is -1.69. The second-order valence-corrected chi connectivity index (χ2v) is 5.68. The topological polar surface area (TPSA) is 53.0 Å². The first kappa shape index (κ1) is 11.4. The van der Waals surface area contributed by atoms with Crippen molar-refractivity contribution in [3.05, 3.63) is 23.8 Å². The molecule has 0 amide bonds. The summed E-state index contributed by atoms with van der Waals surface area (Å²) in [5.74, 6) is 1.72. The van der Waals surface area contributed by atoms with Crippen LogP contribution >= 0.6 is 0 Å². The van der Waals surface area contributed by atoms with Crippen LogP contribution in [0.5, 0.6) is 0 Å². The lowest BCUT2D eigenvalue weighted by Gasteiger charge is -2.26. The van der Waals surface area contributed by atoms with Gasteiger partial charge in [0, 0.05) is 13.1 Å². The van der Waals surface area contributed by atoms with Crippen LogP contribution in [0.2, 0.25) is 0 Å². The molecule has 18 heavy (non-hydrogen) atoms. The second-order valence-electron chi connectivity index (χ2n) is 5.68. The third-order valence-electron chi connectivity index (χ3n) is 3.85. The van der Waals surface area contributed by atoms with Crippen molar-refractivity contribution >= 4 is 11.4 Å². The van der Waals surface area contributed by atoms with Crippen LogP contribution in [0.25, 0.3) is 0 Å². The van der Waals surface area contributed by atoms with Crippen molar-refractivity contribution < 1.29 is 0 Å². The van der Waals surface area contributed by atoms with Gasteiger partial charge in [0.2, 0.25) is 0 Å². The molecule has 1 aromatic rings. The van der Waals surface area contributed by atoms with Gasteiger partial charge in [-0.3, -0.25) is 0 Å². The van der Waals surface area contributed by atoms with Crippen LogP contribution in [0, 0.1) is 23.2 Å². The van der Waals surface area contributed by atoms with E-state index < -0.39 is 0 Å². The molecule has 0 heterocycles. The maximum Gasteiger partial charge on any atom is 0.0992 e. The van der Waals surface area contributed by atoms with Crippen LogP contribution in [0.3, 0.4) is 0 Å². The highest BCUT2D eigenvalue weighted by Gasteiger charge is 2.29. The molecule has 0 aromatic heterocycles. The Morgan fingerprint density at radius 3 is 2.22 bits per heavy atom. The smallest absolute Gasteiger partial charge is 0.0992 e. The van der Waals surface area contributed by atoms with Crippen LogP contribution in [-0.2, 0) is 0 Å². The zero-order valence-corrected chi connectivity index (χ0v) is 10.6. The fourth-order valence-electron chi connectivity index (χ4n) is 2.41. The molecule has 1 aromatic carbocycles. The minimum Gasteiger partial charge on any atom is -0.397 e. The summed E-state index contributed by atoms with van der Waals surface area (Å²) in [5, 5.41) is 8.88. The quantitative estimate of drug-likeness (QED) is 0.806. The highest BCUT2D eigenvalue weighted by Crippen LogP contribution is 2.37. The lowest BCUT2D eigenvalue weighted by atomic mass is 10.1. The highest BCUT2D eigenvalue weighted by atomic mass is 15.1.